The number of morpholine rings is 1. The van der Waals surface area contributed by atoms with E-state index in [4.69, 9.17) is 4.74 Å². The Balaban J connectivity index is 1.65. The number of alkyl halides is 3. The monoisotopic (exact) mass is 349 g/mol. The molecule has 0 amide bonds. The molecule has 0 saturated carbocycles. The summed E-state index contributed by atoms with van der Waals surface area (Å²) in [6.07, 6.45) is -4.77. The molecule has 1 saturated heterocycles. The van der Waals surface area contributed by atoms with Crippen LogP contribution in [0.4, 0.5) is 19.0 Å². The highest BCUT2D eigenvalue weighted by molar-refractivity contribution is 5.46. The number of rotatable bonds is 2. The Bertz CT molecular complexity index is 880. The van der Waals surface area contributed by atoms with E-state index in [2.05, 4.69) is 15.3 Å². The minimum Gasteiger partial charge on any atom is -0.370 e. The molecule has 1 aromatic carbocycles. The van der Waals surface area contributed by atoms with Crippen LogP contribution in [0, 0.1) is 0 Å². The van der Waals surface area contributed by atoms with E-state index in [1.165, 1.54) is 6.07 Å². The van der Waals surface area contributed by atoms with Gasteiger partial charge in [0, 0.05) is 13.1 Å². The van der Waals surface area contributed by atoms with Gasteiger partial charge in [-0.15, -0.1) is 15.3 Å². The molecular formula is C16H14F3N5O. The second-order valence-electron chi connectivity index (χ2n) is 5.70. The van der Waals surface area contributed by atoms with Crippen LogP contribution < -0.4 is 4.90 Å². The molecule has 1 unspecified atom stereocenters. The summed E-state index contributed by atoms with van der Waals surface area (Å²) >= 11 is 0. The molecule has 3 heterocycles. The first-order valence-corrected chi connectivity index (χ1v) is 7.73. The Morgan fingerprint density at radius 2 is 1.84 bits per heavy atom. The van der Waals surface area contributed by atoms with E-state index in [1.54, 1.807) is 6.07 Å². The number of fused-ring (bicyclic) bond motifs is 1. The van der Waals surface area contributed by atoms with Crippen molar-refractivity contribution in [3.05, 3.63) is 53.9 Å². The van der Waals surface area contributed by atoms with Crippen molar-refractivity contribution >= 4 is 11.5 Å². The number of halogens is 3. The topological polar surface area (TPSA) is 55.5 Å². The third kappa shape index (κ3) is 3.02. The number of aromatic nitrogens is 4. The lowest BCUT2D eigenvalue weighted by Gasteiger charge is -2.33. The molecule has 0 spiro atoms. The Morgan fingerprint density at radius 3 is 2.60 bits per heavy atom. The molecule has 0 aliphatic carbocycles. The van der Waals surface area contributed by atoms with Gasteiger partial charge in [0.15, 0.2) is 5.65 Å². The summed E-state index contributed by atoms with van der Waals surface area (Å²) in [6, 6.07) is 12.8. The number of anilines is 1. The molecule has 130 valence electrons. The van der Waals surface area contributed by atoms with Crippen LogP contribution in [0.15, 0.2) is 42.5 Å². The summed E-state index contributed by atoms with van der Waals surface area (Å²) in [5.74, 6) is -0.695. The van der Waals surface area contributed by atoms with Gasteiger partial charge in [0.1, 0.15) is 11.9 Å². The average molecular weight is 349 g/mol. The first kappa shape index (κ1) is 15.8. The van der Waals surface area contributed by atoms with Gasteiger partial charge < -0.3 is 9.64 Å². The maximum atomic E-state index is 13.0. The van der Waals surface area contributed by atoms with Crippen LogP contribution >= 0.6 is 0 Å². The van der Waals surface area contributed by atoms with Crippen molar-refractivity contribution in [2.45, 2.75) is 12.3 Å². The van der Waals surface area contributed by atoms with Crippen molar-refractivity contribution in [3.63, 3.8) is 0 Å². The van der Waals surface area contributed by atoms with E-state index < -0.39 is 12.0 Å². The fourth-order valence-electron chi connectivity index (χ4n) is 2.85. The predicted octanol–water partition coefficient (Wildman–Crippen LogP) is 2.72. The summed E-state index contributed by atoms with van der Waals surface area (Å²) in [6.45, 7) is 1.52. The van der Waals surface area contributed by atoms with Crippen LogP contribution in [-0.2, 0) is 10.9 Å². The Kier molecular flexibility index (Phi) is 3.79. The predicted molar refractivity (Wildman–Crippen MR) is 83.1 cm³/mol. The van der Waals surface area contributed by atoms with E-state index >= 15 is 0 Å². The van der Waals surface area contributed by atoms with Gasteiger partial charge in [0.2, 0.25) is 0 Å². The standard InChI is InChI=1S/C16H14F3N5O/c17-16(18,19)15-21-20-13-6-7-14(22-24(13)15)23-8-9-25-12(10-23)11-4-2-1-3-5-11/h1-7,12H,8-10H2. The van der Waals surface area contributed by atoms with E-state index in [0.717, 1.165) is 10.1 Å². The van der Waals surface area contributed by atoms with Crippen LogP contribution in [0.3, 0.4) is 0 Å². The van der Waals surface area contributed by atoms with Gasteiger partial charge in [-0.3, -0.25) is 0 Å². The van der Waals surface area contributed by atoms with Crippen LogP contribution in [-0.4, -0.2) is 39.5 Å². The highest BCUT2D eigenvalue weighted by Gasteiger charge is 2.38. The van der Waals surface area contributed by atoms with Crippen molar-refractivity contribution < 1.29 is 17.9 Å². The molecule has 0 bridgehead atoms. The second-order valence-corrected chi connectivity index (χ2v) is 5.70. The molecule has 4 rings (SSSR count). The zero-order valence-electron chi connectivity index (χ0n) is 13.0. The lowest BCUT2D eigenvalue weighted by molar-refractivity contribution is -0.146. The van der Waals surface area contributed by atoms with Crippen LogP contribution in [0.25, 0.3) is 5.65 Å². The third-order valence-electron chi connectivity index (χ3n) is 4.06. The summed E-state index contributed by atoms with van der Waals surface area (Å²) in [7, 11) is 0. The minimum absolute atomic E-state index is 0.0592. The van der Waals surface area contributed by atoms with Crippen molar-refractivity contribution in [3.8, 4) is 0 Å². The summed E-state index contributed by atoms with van der Waals surface area (Å²) in [4.78, 5) is 1.90. The molecule has 9 heteroatoms. The Hall–Kier alpha value is -2.68. The molecule has 0 N–H and O–H groups in total. The quantitative estimate of drug-likeness (QED) is 0.712. The number of hydrogen-bond donors (Lipinski definition) is 0. The number of hydrogen-bond acceptors (Lipinski definition) is 5. The summed E-state index contributed by atoms with van der Waals surface area (Å²) in [5, 5.41) is 10.8. The molecule has 1 aliphatic heterocycles. The zero-order chi connectivity index (χ0) is 17.4. The Morgan fingerprint density at radius 1 is 1.04 bits per heavy atom. The molecular weight excluding hydrogens is 335 g/mol. The largest absolute Gasteiger partial charge is 0.453 e. The van der Waals surface area contributed by atoms with Crippen molar-refractivity contribution in [2.75, 3.05) is 24.6 Å². The molecule has 2 aromatic heterocycles. The van der Waals surface area contributed by atoms with Gasteiger partial charge in [0.05, 0.1) is 6.61 Å². The van der Waals surface area contributed by atoms with Gasteiger partial charge in [-0.1, -0.05) is 30.3 Å². The maximum Gasteiger partial charge on any atom is 0.453 e. The molecule has 1 fully saturated rings. The second kappa shape index (κ2) is 5.99. The minimum atomic E-state index is -4.61. The van der Waals surface area contributed by atoms with E-state index in [0.29, 0.717) is 25.5 Å². The fraction of sp³-hybridized carbons (Fsp3) is 0.312. The maximum absolute atomic E-state index is 13.0. The SMILES string of the molecule is FC(F)(F)c1nnc2ccc(N3CCOC(c4ccccc4)C3)nn12. The highest BCUT2D eigenvalue weighted by Crippen LogP contribution is 2.29. The number of benzene rings is 1. The Labute approximate surface area is 140 Å². The lowest BCUT2D eigenvalue weighted by Crippen LogP contribution is -2.39. The summed E-state index contributed by atoms with van der Waals surface area (Å²) in [5.41, 5.74) is 1.08. The first-order chi connectivity index (χ1) is 12.0. The zero-order valence-corrected chi connectivity index (χ0v) is 13.0. The van der Waals surface area contributed by atoms with Gasteiger partial charge >= 0.3 is 6.18 Å². The fourth-order valence-corrected chi connectivity index (χ4v) is 2.85. The molecule has 1 atom stereocenters. The van der Waals surface area contributed by atoms with E-state index in [1.807, 2.05) is 35.2 Å². The highest BCUT2D eigenvalue weighted by atomic mass is 19.4. The lowest BCUT2D eigenvalue weighted by atomic mass is 10.1. The smallest absolute Gasteiger partial charge is 0.370 e. The van der Waals surface area contributed by atoms with E-state index in [-0.39, 0.29) is 11.8 Å². The van der Waals surface area contributed by atoms with Crippen molar-refractivity contribution in [1.29, 1.82) is 0 Å². The van der Waals surface area contributed by atoms with Gasteiger partial charge in [0.25, 0.3) is 5.82 Å². The van der Waals surface area contributed by atoms with Crippen molar-refractivity contribution in [2.24, 2.45) is 0 Å². The van der Waals surface area contributed by atoms with Crippen LogP contribution in [0.1, 0.15) is 17.5 Å². The number of ether oxygens (including phenoxy) is 1. The summed E-state index contributed by atoms with van der Waals surface area (Å²) < 4.78 is 45.6. The van der Waals surface area contributed by atoms with Gasteiger partial charge in [-0.05, 0) is 17.7 Å². The molecule has 0 radical (unpaired) electrons. The van der Waals surface area contributed by atoms with E-state index in [9.17, 15) is 13.2 Å². The molecule has 3 aromatic rings. The normalized spacial score (nSPS) is 18.7. The van der Waals surface area contributed by atoms with Gasteiger partial charge in [-0.2, -0.15) is 17.7 Å². The third-order valence-corrected chi connectivity index (χ3v) is 4.06. The average Bonchev–Trinajstić information content (AvgIpc) is 3.06. The van der Waals surface area contributed by atoms with Crippen molar-refractivity contribution in [1.82, 2.24) is 19.8 Å². The number of nitrogens with zero attached hydrogens (tertiary/aromatic N) is 5. The first-order valence-electron chi connectivity index (χ1n) is 7.73. The van der Waals surface area contributed by atoms with Gasteiger partial charge in [-0.25, -0.2) is 0 Å². The molecule has 25 heavy (non-hydrogen) atoms. The molecule has 1 aliphatic rings. The van der Waals surface area contributed by atoms with Crippen LogP contribution in [0.2, 0.25) is 0 Å². The molecule has 6 nitrogen and oxygen atoms in total. The van der Waals surface area contributed by atoms with Crippen LogP contribution in [0.5, 0.6) is 0 Å².